The molecule has 0 saturated heterocycles. The summed E-state index contributed by atoms with van der Waals surface area (Å²) in [7, 11) is -4.34. The molecule has 0 saturated carbocycles. The number of halogens is 3. The van der Waals surface area contributed by atoms with Gasteiger partial charge < -0.3 is 9.30 Å². The van der Waals surface area contributed by atoms with E-state index in [1.54, 1.807) is 12.4 Å². The van der Waals surface area contributed by atoms with Gasteiger partial charge in [-0.05, 0) is 37.0 Å². The smallest absolute Gasteiger partial charge is 0.404 e. The lowest BCUT2D eigenvalue weighted by molar-refractivity contribution is -0.275. The first-order valence-corrected chi connectivity index (χ1v) is 11.6. The van der Waals surface area contributed by atoms with Crippen molar-refractivity contribution in [3.63, 3.8) is 0 Å². The summed E-state index contributed by atoms with van der Waals surface area (Å²) < 4.78 is 73.5. The van der Waals surface area contributed by atoms with Gasteiger partial charge in [0.15, 0.2) is 0 Å². The number of alkyl halides is 3. The number of rotatable bonds is 5. The summed E-state index contributed by atoms with van der Waals surface area (Å²) in [4.78, 5) is 3.77. The van der Waals surface area contributed by atoms with Crippen molar-refractivity contribution in [3.05, 3.63) is 78.4 Å². The molecule has 1 aromatic heterocycles. The van der Waals surface area contributed by atoms with Crippen LogP contribution in [-0.2, 0) is 29.5 Å². The molecule has 0 radical (unpaired) electrons. The van der Waals surface area contributed by atoms with Gasteiger partial charge in [-0.1, -0.05) is 42.5 Å². The molecule has 1 aliphatic rings. The van der Waals surface area contributed by atoms with Crippen molar-refractivity contribution in [3.8, 4) is 5.75 Å². The lowest BCUT2D eigenvalue weighted by Gasteiger charge is -2.33. The van der Waals surface area contributed by atoms with E-state index in [0.717, 1.165) is 17.7 Å². The second-order valence-electron chi connectivity index (χ2n) is 7.57. The summed E-state index contributed by atoms with van der Waals surface area (Å²) in [5.41, 5.74) is 0.946. The van der Waals surface area contributed by atoms with E-state index in [2.05, 4.69) is 9.72 Å². The normalized spacial score (nSPS) is 17.9. The van der Waals surface area contributed by atoms with Gasteiger partial charge in [0.25, 0.3) is 0 Å². The average molecular weight is 465 g/mol. The van der Waals surface area contributed by atoms with E-state index in [0.29, 0.717) is 31.6 Å². The van der Waals surface area contributed by atoms with Gasteiger partial charge >= 0.3 is 6.36 Å². The molecule has 0 spiro atoms. The second kappa shape index (κ2) is 8.95. The average Bonchev–Trinajstić information content (AvgIpc) is 3.16. The fraction of sp³-hybridized carbons (Fsp3) is 0.318. The highest BCUT2D eigenvalue weighted by molar-refractivity contribution is 7.89. The van der Waals surface area contributed by atoms with Crippen LogP contribution in [0.15, 0.2) is 71.9 Å². The van der Waals surface area contributed by atoms with Crippen LogP contribution in [0.1, 0.15) is 24.2 Å². The van der Waals surface area contributed by atoms with Crippen LogP contribution in [0.3, 0.4) is 0 Å². The van der Waals surface area contributed by atoms with Gasteiger partial charge in [0, 0.05) is 25.0 Å². The molecule has 0 fully saturated rings. The summed E-state index contributed by atoms with van der Waals surface area (Å²) in [6, 6.07) is 13.8. The van der Waals surface area contributed by atoms with Crippen molar-refractivity contribution in [1.29, 1.82) is 0 Å². The van der Waals surface area contributed by atoms with Crippen LogP contribution in [0.2, 0.25) is 0 Å². The first-order valence-electron chi connectivity index (χ1n) is 10.1. The molecule has 32 heavy (non-hydrogen) atoms. The van der Waals surface area contributed by atoms with Crippen LogP contribution < -0.4 is 4.74 Å². The van der Waals surface area contributed by atoms with Crippen LogP contribution in [0.25, 0.3) is 0 Å². The Morgan fingerprint density at radius 3 is 2.53 bits per heavy atom. The molecule has 1 unspecified atom stereocenters. The molecule has 0 amide bonds. The van der Waals surface area contributed by atoms with Crippen LogP contribution in [0, 0.1) is 0 Å². The Morgan fingerprint density at radius 2 is 1.78 bits per heavy atom. The summed E-state index contributed by atoms with van der Waals surface area (Å²) in [6.45, 7) is 0.648. The number of fused-ring (bicyclic) bond motifs is 1. The van der Waals surface area contributed by atoms with Crippen LogP contribution in [0.5, 0.6) is 5.75 Å². The van der Waals surface area contributed by atoms with Gasteiger partial charge in [-0.2, -0.15) is 4.31 Å². The topological polar surface area (TPSA) is 64.4 Å². The van der Waals surface area contributed by atoms with Gasteiger partial charge in [-0.15, -0.1) is 13.2 Å². The first-order chi connectivity index (χ1) is 15.2. The number of aromatic nitrogens is 2. The molecule has 1 aliphatic heterocycles. The molecule has 3 aromatic rings. The van der Waals surface area contributed by atoms with Gasteiger partial charge in [0.05, 0.1) is 6.54 Å². The predicted octanol–water partition coefficient (Wildman–Crippen LogP) is 4.38. The molecule has 0 aliphatic carbocycles. The Kier molecular flexibility index (Phi) is 6.25. The Morgan fingerprint density at radius 1 is 1.06 bits per heavy atom. The Bertz CT molecular complexity index is 1160. The van der Waals surface area contributed by atoms with Crippen molar-refractivity contribution in [2.45, 2.75) is 49.7 Å². The molecule has 10 heteroatoms. The molecule has 2 heterocycles. The van der Waals surface area contributed by atoms with E-state index in [4.69, 9.17) is 0 Å². The highest BCUT2D eigenvalue weighted by Gasteiger charge is 2.38. The number of hydrogen-bond donors (Lipinski definition) is 0. The lowest BCUT2D eigenvalue weighted by atomic mass is 10.0. The SMILES string of the molecule is O=S(=O)(c1ccccc1OC(F)(F)F)N1Cc2nccn2CCCC1Cc1ccccc1. The van der Waals surface area contributed by atoms with Gasteiger partial charge in [0.2, 0.25) is 10.0 Å². The van der Waals surface area contributed by atoms with Gasteiger partial charge in [-0.3, -0.25) is 0 Å². The zero-order valence-corrected chi connectivity index (χ0v) is 17.9. The number of imidazole rings is 1. The molecular formula is C22H22F3N3O3S. The maximum atomic E-state index is 13.7. The summed E-state index contributed by atoms with van der Waals surface area (Å²) in [5, 5.41) is 0. The van der Waals surface area contributed by atoms with E-state index in [1.807, 2.05) is 34.9 Å². The fourth-order valence-corrected chi connectivity index (χ4v) is 5.70. The van der Waals surface area contributed by atoms with Crippen LogP contribution >= 0.6 is 0 Å². The minimum Gasteiger partial charge on any atom is -0.404 e. The van der Waals surface area contributed by atoms with Crippen molar-refractivity contribution < 1.29 is 26.3 Å². The van der Waals surface area contributed by atoms with E-state index >= 15 is 0 Å². The molecule has 6 nitrogen and oxygen atoms in total. The van der Waals surface area contributed by atoms with Gasteiger partial charge in [0.1, 0.15) is 16.5 Å². The largest absolute Gasteiger partial charge is 0.573 e. The van der Waals surface area contributed by atoms with Crippen LogP contribution in [0.4, 0.5) is 13.2 Å². The maximum Gasteiger partial charge on any atom is 0.573 e. The van der Waals surface area contributed by atoms with Crippen molar-refractivity contribution in [2.75, 3.05) is 0 Å². The fourth-order valence-electron chi connectivity index (χ4n) is 3.97. The highest BCUT2D eigenvalue weighted by atomic mass is 32.2. The van der Waals surface area contributed by atoms with Gasteiger partial charge in [-0.25, -0.2) is 13.4 Å². The maximum absolute atomic E-state index is 13.7. The summed E-state index contributed by atoms with van der Waals surface area (Å²) in [6.07, 6.45) is 0.0446. The standard InChI is InChI=1S/C22H22F3N3O3S/c23-22(24,25)31-19-10-4-5-11-20(19)32(29,30)28-16-21-26-12-14-27(21)13-6-9-18(28)15-17-7-2-1-3-8-17/h1-5,7-8,10-12,14,18H,6,9,13,15-16H2. The number of ether oxygens (including phenoxy) is 1. The molecule has 1 atom stereocenters. The highest BCUT2D eigenvalue weighted by Crippen LogP contribution is 2.34. The minimum atomic E-state index is -5.01. The molecule has 0 N–H and O–H groups in total. The quantitative estimate of drug-likeness (QED) is 0.561. The van der Waals surface area contributed by atoms with Crippen LogP contribution in [-0.4, -0.2) is 34.7 Å². The third-order valence-electron chi connectivity index (χ3n) is 5.42. The summed E-state index contributed by atoms with van der Waals surface area (Å²) in [5.74, 6) is -0.204. The summed E-state index contributed by atoms with van der Waals surface area (Å²) >= 11 is 0. The number of para-hydroxylation sites is 1. The van der Waals surface area contributed by atoms with Crippen molar-refractivity contribution >= 4 is 10.0 Å². The van der Waals surface area contributed by atoms with E-state index < -0.39 is 33.1 Å². The van der Waals surface area contributed by atoms with E-state index in [1.165, 1.54) is 16.4 Å². The lowest BCUT2D eigenvalue weighted by Crippen LogP contribution is -2.43. The molecule has 0 bridgehead atoms. The molecular weight excluding hydrogens is 443 g/mol. The number of aryl methyl sites for hydroxylation is 1. The number of sulfonamides is 1. The molecule has 170 valence electrons. The molecule has 4 rings (SSSR count). The van der Waals surface area contributed by atoms with E-state index in [-0.39, 0.29) is 6.54 Å². The Hall–Kier alpha value is -2.85. The zero-order chi connectivity index (χ0) is 22.8. The van der Waals surface area contributed by atoms with Crippen molar-refractivity contribution in [2.24, 2.45) is 0 Å². The third-order valence-corrected chi connectivity index (χ3v) is 7.36. The third kappa shape index (κ3) is 4.97. The first kappa shape index (κ1) is 22.3. The van der Waals surface area contributed by atoms with Crippen molar-refractivity contribution in [1.82, 2.24) is 13.9 Å². The number of nitrogens with zero attached hydrogens (tertiary/aromatic N) is 3. The Balaban J connectivity index is 1.77. The minimum absolute atomic E-state index is 0.0484. The monoisotopic (exact) mass is 465 g/mol. The second-order valence-corrected chi connectivity index (χ2v) is 9.43. The van der Waals surface area contributed by atoms with E-state index in [9.17, 15) is 21.6 Å². The predicted molar refractivity (Wildman–Crippen MR) is 111 cm³/mol. The Labute approximate surface area is 184 Å². The zero-order valence-electron chi connectivity index (χ0n) is 17.1. The number of benzene rings is 2. The number of hydrogen-bond acceptors (Lipinski definition) is 4. The molecule has 2 aromatic carbocycles.